The second kappa shape index (κ2) is 5.17. The summed E-state index contributed by atoms with van der Waals surface area (Å²) in [5, 5.41) is 9.91. The van der Waals surface area contributed by atoms with Gasteiger partial charge in [0.15, 0.2) is 5.78 Å². The monoisotopic (exact) mass is 310 g/mol. The van der Waals surface area contributed by atoms with Gasteiger partial charge in [0.25, 0.3) is 0 Å². The summed E-state index contributed by atoms with van der Waals surface area (Å²) in [4.78, 5) is 47.6. The molecule has 2 aromatic carbocycles. The van der Waals surface area contributed by atoms with Gasteiger partial charge in [0.1, 0.15) is 17.8 Å². The van der Waals surface area contributed by atoms with Crippen LogP contribution >= 0.6 is 0 Å². The molecule has 0 heterocycles. The number of ketones is 2. The number of phenolic OH excluding ortho intramolecular Hbond substituents is 1. The van der Waals surface area contributed by atoms with Crippen molar-refractivity contribution in [3.05, 3.63) is 58.1 Å². The molecule has 0 amide bonds. The molecule has 0 saturated carbocycles. The van der Waals surface area contributed by atoms with Gasteiger partial charge in [-0.3, -0.25) is 19.2 Å². The molecule has 0 fully saturated rings. The van der Waals surface area contributed by atoms with E-state index in [9.17, 15) is 24.3 Å². The topological polar surface area (TPSA) is 97.7 Å². The summed E-state index contributed by atoms with van der Waals surface area (Å²) >= 11 is 0. The number of aldehydes is 1. The first-order valence-electron chi connectivity index (χ1n) is 6.67. The van der Waals surface area contributed by atoms with Gasteiger partial charge < -0.3 is 9.84 Å². The molecule has 1 aliphatic carbocycles. The molecule has 0 aliphatic heterocycles. The van der Waals surface area contributed by atoms with Gasteiger partial charge in [0, 0.05) is 23.6 Å². The SMILES string of the molecule is CC(=O)Oc1cc(C=O)cc2c1C(=O)c1c(O)cccc1C2=O. The molecule has 0 spiro atoms. The number of hydrogen-bond acceptors (Lipinski definition) is 6. The first-order chi connectivity index (χ1) is 10.9. The van der Waals surface area contributed by atoms with Crippen molar-refractivity contribution in [1.29, 1.82) is 0 Å². The summed E-state index contributed by atoms with van der Waals surface area (Å²) in [6.07, 6.45) is 0.489. The van der Waals surface area contributed by atoms with Crippen molar-refractivity contribution in [1.82, 2.24) is 0 Å². The van der Waals surface area contributed by atoms with Gasteiger partial charge in [-0.25, -0.2) is 0 Å². The van der Waals surface area contributed by atoms with Gasteiger partial charge >= 0.3 is 5.97 Å². The maximum Gasteiger partial charge on any atom is 0.308 e. The number of carbonyl (C=O) groups is 4. The van der Waals surface area contributed by atoms with Crippen LogP contribution in [0.3, 0.4) is 0 Å². The third-order valence-electron chi connectivity index (χ3n) is 3.50. The fourth-order valence-corrected chi connectivity index (χ4v) is 2.59. The number of rotatable bonds is 2. The molecule has 0 saturated heterocycles. The molecule has 0 radical (unpaired) electrons. The third kappa shape index (κ3) is 2.20. The minimum atomic E-state index is -0.696. The van der Waals surface area contributed by atoms with Crippen molar-refractivity contribution in [3.63, 3.8) is 0 Å². The second-order valence-electron chi connectivity index (χ2n) is 5.01. The third-order valence-corrected chi connectivity index (χ3v) is 3.50. The normalized spacial score (nSPS) is 12.4. The molecule has 0 unspecified atom stereocenters. The predicted octanol–water partition coefficient (Wildman–Crippen LogP) is 1.91. The summed E-state index contributed by atoms with van der Waals surface area (Å²) < 4.78 is 4.98. The van der Waals surface area contributed by atoms with E-state index >= 15 is 0 Å². The van der Waals surface area contributed by atoms with E-state index in [0.717, 1.165) is 6.92 Å². The van der Waals surface area contributed by atoms with Gasteiger partial charge in [-0.2, -0.15) is 0 Å². The van der Waals surface area contributed by atoms with Crippen LogP contribution in [0, 0.1) is 0 Å². The number of hydrogen-bond donors (Lipinski definition) is 1. The Morgan fingerprint density at radius 1 is 1.09 bits per heavy atom. The Balaban J connectivity index is 2.34. The lowest BCUT2D eigenvalue weighted by molar-refractivity contribution is -0.131. The molecule has 23 heavy (non-hydrogen) atoms. The molecule has 6 heteroatoms. The summed E-state index contributed by atoms with van der Waals surface area (Å²) in [6, 6.07) is 6.63. The first-order valence-corrected chi connectivity index (χ1v) is 6.67. The molecule has 1 aliphatic rings. The molecule has 0 atom stereocenters. The summed E-state index contributed by atoms with van der Waals surface area (Å²) in [6.45, 7) is 1.14. The maximum absolute atomic E-state index is 12.7. The highest BCUT2D eigenvalue weighted by atomic mass is 16.5. The lowest BCUT2D eigenvalue weighted by atomic mass is 9.82. The number of aromatic hydroxyl groups is 1. The summed E-state index contributed by atoms with van der Waals surface area (Å²) in [5.74, 6) is -2.37. The van der Waals surface area contributed by atoms with Gasteiger partial charge in [0.05, 0.1) is 11.1 Å². The van der Waals surface area contributed by atoms with Crippen molar-refractivity contribution >= 4 is 23.8 Å². The number of carbonyl (C=O) groups excluding carboxylic acids is 4. The largest absolute Gasteiger partial charge is 0.507 e. The average molecular weight is 310 g/mol. The quantitative estimate of drug-likeness (QED) is 0.441. The molecule has 3 rings (SSSR count). The predicted molar refractivity (Wildman–Crippen MR) is 78.1 cm³/mol. The van der Waals surface area contributed by atoms with Crippen molar-refractivity contribution in [2.24, 2.45) is 0 Å². The van der Waals surface area contributed by atoms with Crippen LogP contribution < -0.4 is 4.74 Å². The van der Waals surface area contributed by atoms with Gasteiger partial charge in [-0.15, -0.1) is 0 Å². The average Bonchev–Trinajstić information content (AvgIpc) is 2.51. The Hall–Kier alpha value is -3.28. The zero-order valence-corrected chi connectivity index (χ0v) is 12.0. The van der Waals surface area contributed by atoms with E-state index in [-0.39, 0.29) is 39.3 Å². The van der Waals surface area contributed by atoms with Crippen molar-refractivity contribution in [3.8, 4) is 11.5 Å². The van der Waals surface area contributed by atoms with Crippen LogP contribution in [0.2, 0.25) is 0 Å². The lowest BCUT2D eigenvalue weighted by Gasteiger charge is -2.20. The molecule has 1 N–H and O–H groups in total. The molecule has 0 bridgehead atoms. The van der Waals surface area contributed by atoms with Crippen molar-refractivity contribution in [2.75, 3.05) is 0 Å². The zero-order chi connectivity index (χ0) is 16.7. The number of esters is 1. The number of ether oxygens (including phenoxy) is 1. The highest BCUT2D eigenvalue weighted by Gasteiger charge is 2.35. The smallest absolute Gasteiger partial charge is 0.308 e. The Kier molecular flexibility index (Phi) is 3.29. The van der Waals surface area contributed by atoms with Crippen LogP contribution in [0.15, 0.2) is 30.3 Å². The minimum absolute atomic E-state index is 0.0334. The van der Waals surface area contributed by atoms with E-state index in [1.165, 1.54) is 30.3 Å². The standard InChI is InChI=1S/C17H10O6/c1-8(19)23-13-6-9(7-18)5-11-15(13)17(22)14-10(16(11)21)3-2-4-12(14)20/h2-7,20H,1H3. The second-order valence-corrected chi connectivity index (χ2v) is 5.01. The Bertz CT molecular complexity index is 894. The molecule has 6 nitrogen and oxygen atoms in total. The van der Waals surface area contributed by atoms with Crippen LogP contribution in [-0.4, -0.2) is 28.9 Å². The van der Waals surface area contributed by atoms with E-state index in [1.54, 1.807) is 0 Å². The molecule has 2 aromatic rings. The number of benzene rings is 2. The molecule has 0 aromatic heterocycles. The fraction of sp³-hybridized carbons (Fsp3) is 0.0588. The maximum atomic E-state index is 12.7. The molecule has 114 valence electrons. The van der Waals surface area contributed by atoms with Crippen LogP contribution in [0.25, 0.3) is 0 Å². The fourth-order valence-electron chi connectivity index (χ4n) is 2.59. The van der Waals surface area contributed by atoms with E-state index < -0.39 is 17.5 Å². The summed E-state index contributed by atoms with van der Waals surface area (Å²) in [5.41, 5.74) is -0.167. The zero-order valence-electron chi connectivity index (χ0n) is 12.0. The molecular weight excluding hydrogens is 300 g/mol. The van der Waals surface area contributed by atoms with Crippen LogP contribution in [0.1, 0.15) is 49.1 Å². The van der Waals surface area contributed by atoms with E-state index in [1.807, 2.05) is 0 Å². The van der Waals surface area contributed by atoms with E-state index in [4.69, 9.17) is 4.74 Å². The van der Waals surface area contributed by atoms with E-state index in [0.29, 0.717) is 6.29 Å². The number of phenols is 1. The van der Waals surface area contributed by atoms with Crippen LogP contribution in [0.4, 0.5) is 0 Å². The van der Waals surface area contributed by atoms with Crippen LogP contribution in [0.5, 0.6) is 11.5 Å². The summed E-state index contributed by atoms with van der Waals surface area (Å²) in [7, 11) is 0. The van der Waals surface area contributed by atoms with Crippen molar-refractivity contribution < 1.29 is 29.0 Å². The van der Waals surface area contributed by atoms with Gasteiger partial charge in [0.2, 0.25) is 5.78 Å². The minimum Gasteiger partial charge on any atom is -0.507 e. The highest BCUT2D eigenvalue weighted by molar-refractivity contribution is 6.30. The van der Waals surface area contributed by atoms with Gasteiger partial charge in [-0.1, -0.05) is 12.1 Å². The molecular formula is C17H10O6. The first kappa shape index (κ1) is 14.6. The Morgan fingerprint density at radius 3 is 2.48 bits per heavy atom. The number of fused-ring (bicyclic) bond motifs is 2. The van der Waals surface area contributed by atoms with Gasteiger partial charge in [-0.05, 0) is 18.2 Å². The van der Waals surface area contributed by atoms with Crippen LogP contribution in [-0.2, 0) is 4.79 Å². The highest BCUT2D eigenvalue weighted by Crippen LogP contribution is 2.37. The Morgan fingerprint density at radius 2 is 1.83 bits per heavy atom. The lowest BCUT2D eigenvalue weighted by Crippen LogP contribution is -2.23. The van der Waals surface area contributed by atoms with E-state index in [2.05, 4.69) is 0 Å². The Labute approximate surface area is 130 Å². The van der Waals surface area contributed by atoms with Crippen molar-refractivity contribution in [2.45, 2.75) is 6.92 Å².